The van der Waals surface area contributed by atoms with Gasteiger partial charge in [0.15, 0.2) is 0 Å². The maximum Gasteiger partial charge on any atom is 0.122 e. The van der Waals surface area contributed by atoms with E-state index in [1.165, 1.54) is 36.0 Å². The van der Waals surface area contributed by atoms with Crippen LogP contribution < -0.4 is 10.1 Å². The zero-order chi connectivity index (χ0) is 13.1. The molecule has 2 atom stereocenters. The second-order valence-electron chi connectivity index (χ2n) is 5.40. The lowest BCUT2D eigenvalue weighted by atomic mass is 9.78. The number of ether oxygens (including phenoxy) is 1. The predicted molar refractivity (Wildman–Crippen MR) is 76.4 cm³/mol. The third-order valence-corrected chi connectivity index (χ3v) is 4.06. The molecule has 0 aromatic heterocycles. The summed E-state index contributed by atoms with van der Waals surface area (Å²) in [6.45, 7) is 7.85. The first-order chi connectivity index (χ1) is 8.69. The largest absolute Gasteiger partial charge is 0.496 e. The van der Waals surface area contributed by atoms with Crippen LogP contribution >= 0.6 is 0 Å². The Balaban J connectivity index is 2.42. The molecule has 18 heavy (non-hydrogen) atoms. The lowest BCUT2D eigenvalue weighted by molar-refractivity contribution is 0.382. The molecule has 2 rings (SSSR count). The molecule has 1 aromatic rings. The first-order valence-corrected chi connectivity index (χ1v) is 7.09. The van der Waals surface area contributed by atoms with Gasteiger partial charge >= 0.3 is 0 Å². The predicted octanol–water partition coefficient (Wildman–Crippen LogP) is 3.94. The van der Waals surface area contributed by atoms with E-state index >= 15 is 0 Å². The van der Waals surface area contributed by atoms with Gasteiger partial charge in [-0.05, 0) is 55.8 Å². The minimum atomic E-state index is 0.506. The fraction of sp³-hybridized carbons (Fsp3) is 0.625. The van der Waals surface area contributed by atoms with E-state index in [2.05, 4.69) is 38.2 Å². The molecule has 0 spiro atoms. The van der Waals surface area contributed by atoms with Gasteiger partial charge in [0.1, 0.15) is 5.75 Å². The molecular weight excluding hydrogens is 222 g/mol. The molecule has 0 fully saturated rings. The number of fused-ring (bicyclic) bond motifs is 1. The van der Waals surface area contributed by atoms with Crippen molar-refractivity contribution >= 4 is 0 Å². The van der Waals surface area contributed by atoms with E-state index in [1.54, 1.807) is 7.11 Å². The first kappa shape index (κ1) is 13.4. The monoisotopic (exact) mass is 247 g/mol. The zero-order valence-electron chi connectivity index (χ0n) is 12.0. The van der Waals surface area contributed by atoms with Gasteiger partial charge < -0.3 is 10.1 Å². The molecule has 2 heteroatoms. The van der Waals surface area contributed by atoms with Gasteiger partial charge in [0.25, 0.3) is 0 Å². The molecule has 2 nitrogen and oxygen atoms in total. The zero-order valence-corrected chi connectivity index (χ0v) is 12.0. The Morgan fingerprint density at radius 1 is 1.28 bits per heavy atom. The molecule has 0 heterocycles. The maximum atomic E-state index is 5.56. The summed E-state index contributed by atoms with van der Waals surface area (Å²) in [5, 5.41) is 3.68. The van der Waals surface area contributed by atoms with E-state index in [1.807, 2.05) is 0 Å². The molecule has 1 aromatic carbocycles. The number of rotatable bonds is 4. The summed E-state index contributed by atoms with van der Waals surface area (Å²) < 4.78 is 5.56. The van der Waals surface area contributed by atoms with E-state index in [9.17, 15) is 0 Å². The van der Waals surface area contributed by atoms with Crippen LogP contribution in [0.2, 0.25) is 0 Å². The van der Waals surface area contributed by atoms with Gasteiger partial charge in [-0.25, -0.2) is 0 Å². The van der Waals surface area contributed by atoms with E-state index in [0.717, 1.165) is 12.3 Å². The van der Waals surface area contributed by atoms with Crippen LogP contribution in [-0.2, 0) is 0 Å². The van der Waals surface area contributed by atoms with E-state index in [-0.39, 0.29) is 0 Å². The SMILES string of the molecule is CCCNC1CCC(C)c2c(OC)ccc(C)c21. The Morgan fingerprint density at radius 2 is 2.06 bits per heavy atom. The van der Waals surface area contributed by atoms with Gasteiger partial charge in [0, 0.05) is 11.6 Å². The average molecular weight is 247 g/mol. The van der Waals surface area contributed by atoms with Crippen molar-refractivity contribution in [2.24, 2.45) is 0 Å². The van der Waals surface area contributed by atoms with Crippen molar-refractivity contribution in [3.8, 4) is 5.75 Å². The first-order valence-electron chi connectivity index (χ1n) is 7.09. The van der Waals surface area contributed by atoms with Gasteiger partial charge in [-0.15, -0.1) is 0 Å². The van der Waals surface area contributed by atoms with Crippen LogP contribution in [0.15, 0.2) is 12.1 Å². The highest BCUT2D eigenvalue weighted by Gasteiger charge is 2.28. The highest BCUT2D eigenvalue weighted by molar-refractivity contribution is 5.49. The molecular formula is C16H25NO. The molecule has 1 aliphatic rings. The highest BCUT2D eigenvalue weighted by atomic mass is 16.5. The Morgan fingerprint density at radius 3 is 2.72 bits per heavy atom. The standard InChI is InChI=1S/C16H25NO/c1-5-10-17-13-8-6-12(3)16-14(18-4)9-7-11(2)15(13)16/h7,9,12-13,17H,5-6,8,10H2,1-4H3. The van der Waals surface area contributed by atoms with Crippen LogP contribution in [0.25, 0.3) is 0 Å². The molecule has 1 N–H and O–H groups in total. The van der Waals surface area contributed by atoms with E-state index in [0.29, 0.717) is 12.0 Å². The van der Waals surface area contributed by atoms with Crippen molar-refractivity contribution in [3.05, 3.63) is 28.8 Å². The Bertz CT molecular complexity index is 414. The fourth-order valence-corrected chi connectivity index (χ4v) is 3.10. The highest BCUT2D eigenvalue weighted by Crippen LogP contribution is 2.43. The van der Waals surface area contributed by atoms with Crippen LogP contribution in [0.3, 0.4) is 0 Å². The lowest BCUT2D eigenvalue weighted by Crippen LogP contribution is -2.28. The number of benzene rings is 1. The molecule has 1 aliphatic carbocycles. The molecule has 100 valence electrons. The Kier molecular flexibility index (Phi) is 4.28. The topological polar surface area (TPSA) is 21.3 Å². The number of hydrogen-bond donors (Lipinski definition) is 1. The van der Waals surface area contributed by atoms with Crippen LogP contribution in [0, 0.1) is 6.92 Å². The summed E-state index contributed by atoms with van der Waals surface area (Å²) in [6.07, 6.45) is 3.67. The number of aryl methyl sites for hydroxylation is 1. The summed E-state index contributed by atoms with van der Waals surface area (Å²) in [7, 11) is 1.78. The summed E-state index contributed by atoms with van der Waals surface area (Å²) in [5.41, 5.74) is 4.31. The molecule has 0 amide bonds. The van der Waals surface area contributed by atoms with Crippen LogP contribution in [0.4, 0.5) is 0 Å². The van der Waals surface area contributed by atoms with E-state index < -0.39 is 0 Å². The van der Waals surface area contributed by atoms with Crippen molar-refractivity contribution in [1.82, 2.24) is 5.32 Å². The van der Waals surface area contributed by atoms with Gasteiger partial charge in [0.2, 0.25) is 0 Å². The Hall–Kier alpha value is -1.02. The lowest BCUT2D eigenvalue weighted by Gasteiger charge is -2.33. The second-order valence-corrected chi connectivity index (χ2v) is 5.40. The molecule has 0 saturated heterocycles. The second kappa shape index (κ2) is 5.75. The minimum Gasteiger partial charge on any atom is -0.496 e. The van der Waals surface area contributed by atoms with Crippen molar-refractivity contribution < 1.29 is 4.74 Å². The molecule has 0 saturated carbocycles. The summed E-state index contributed by atoms with van der Waals surface area (Å²) >= 11 is 0. The van der Waals surface area contributed by atoms with E-state index in [4.69, 9.17) is 4.74 Å². The molecule has 0 bridgehead atoms. The molecule has 2 unspecified atom stereocenters. The number of methoxy groups -OCH3 is 1. The van der Waals surface area contributed by atoms with Gasteiger partial charge in [0.05, 0.1) is 7.11 Å². The van der Waals surface area contributed by atoms with Crippen LogP contribution in [0.5, 0.6) is 5.75 Å². The molecule has 0 aliphatic heterocycles. The minimum absolute atomic E-state index is 0.506. The quantitative estimate of drug-likeness (QED) is 0.870. The van der Waals surface area contributed by atoms with Crippen LogP contribution in [0.1, 0.15) is 61.8 Å². The van der Waals surface area contributed by atoms with Crippen LogP contribution in [-0.4, -0.2) is 13.7 Å². The summed E-state index contributed by atoms with van der Waals surface area (Å²) in [4.78, 5) is 0. The third kappa shape index (κ3) is 2.39. The van der Waals surface area contributed by atoms with Gasteiger partial charge in [-0.3, -0.25) is 0 Å². The fourth-order valence-electron chi connectivity index (χ4n) is 3.10. The van der Waals surface area contributed by atoms with Gasteiger partial charge in [-0.2, -0.15) is 0 Å². The summed E-state index contributed by atoms with van der Waals surface area (Å²) in [6, 6.07) is 4.81. The third-order valence-electron chi connectivity index (χ3n) is 4.06. The van der Waals surface area contributed by atoms with Crippen molar-refractivity contribution in [1.29, 1.82) is 0 Å². The Labute approximate surface area is 111 Å². The smallest absolute Gasteiger partial charge is 0.122 e. The number of hydrogen-bond acceptors (Lipinski definition) is 2. The van der Waals surface area contributed by atoms with Crippen molar-refractivity contribution in [2.75, 3.05) is 13.7 Å². The van der Waals surface area contributed by atoms with Crippen molar-refractivity contribution in [2.45, 2.75) is 52.0 Å². The summed E-state index contributed by atoms with van der Waals surface area (Å²) in [5.74, 6) is 1.67. The normalized spacial score (nSPS) is 22.7. The van der Waals surface area contributed by atoms with Gasteiger partial charge in [-0.1, -0.05) is 19.9 Å². The molecule has 0 radical (unpaired) electrons. The van der Waals surface area contributed by atoms with Crippen molar-refractivity contribution in [3.63, 3.8) is 0 Å². The maximum absolute atomic E-state index is 5.56. The average Bonchev–Trinajstić information content (AvgIpc) is 2.39. The number of nitrogens with one attached hydrogen (secondary N) is 1.